The van der Waals surface area contributed by atoms with Crippen molar-refractivity contribution in [3.8, 4) is 0 Å². The second-order valence-corrected chi connectivity index (χ2v) is 9.92. The summed E-state index contributed by atoms with van der Waals surface area (Å²) in [6.45, 7) is 7.91. The van der Waals surface area contributed by atoms with Crippen LogP contribution in [0.5, 0.6) is 0 Å². The van der Waals surface area contributed by atoms with E-state index in [0.717, 1.165) is 42.6 Å². The number of nitrogens with zero attached hydrogens (tertiary/aromatic N) is 4. The molecule has 0 radical (unpaired) electrons. The SMILES string of the molecule is CCc1ccc(C(C)NC(=O)CSc2nnc(CN3CCCCC3)n2Cc2ccccc2)cc1. The zero-order valence-corrected chi connectivity index (χ0v) is 21.1. The number of aromatic nitrogens is 3. The standard InChI is InChI=1S/C27H35N5OS/c1-3-22-12-14-24(15-13-22)21(2)28-26(33)20-34-27-30-29-25(19-31-16-8-5-9-17-31)32(27)18-23-10-6-4-7-11-23/h4,6-7,10-15,21H,3,5,8-9,16-20H2,1-2H3,(H,28,33). The molecular weight excluding hydrogens is 442 g/mol. The van der Waals surface area contributed by atoms with Gasteiger partial charge in [0.1, 0.15) is 5.82 Å². The van der Waals surface area contributed by atoms with E-state index in [1.54, 1.807) is 0 Å². The lowest BCUT2D eigenvalue weighted by Gasteiger charge is -2.26. The number of piperidine rings is 1. The minimum atomic E-state index is -0.0316. The largest absolute Gasteiger partial charge is 0.349 e. The van der Waals surface area contributed by atoms with E-state index in [2.05, 4.69) is 80.4 Å². The third-order valence-corrected chi connectivity index (χ3v) is 7.36. The summed E-state index contributed by atoms with van der Waals surface area (Å²) in [6.07, 6.45) is 4.81. The van der Waals surface area contributed by atoms with Crippen LogP contribution in [0.15, 0.2) is 59.8 Å². The van der Waals surface area contributed by atoms with Crippen molar-refractivity contribution in [1.82, 2.24) is 25.0 Å². The molecular formula is C27H35N5OS. The van der Waals surface area contributed by atoms with E-state index in [9.17, 15) is 4.79 Å². The van der Waals surface area contributed by atoms with Crippen molar-refractivity contribution in [3.05, 3.63) is 77.1 Å². The average molecular weight is 478 g/mol. The van der Waals surface area contributed by atoms with Gasteiger partial charge in [0.2, 0.25) is 5.91 Å². The molecule has 4 rings (SSSR count). The predicted octanol–water partition coefficient (Wildman–Crippen LogP) is 4.84. The number of carbonyl (C=O) groups excluding carboxylic acids is 1. The molecule has 7 heteroatoms. The number of aryl methyl sites for hydroxylation is 1. The third kappa shape index (κ3) is 6.70. The Morgan fingerprint density at radius 1 is 0.971 bits per heavy atom. The average Bonchev–Trinajstić information content (AvgIpc) is 3.24. The van der Waals surface area contributed by atoms with Gasteiger partial charge in [-0.25, -0.2) is 0 Å². The zero-order chi connectivity index (χ0) is 23.8. The minimum absolute atomic E-state index is 0.00362. The molecule has 1 atom stereocenters. The van der Waals surface area contributed by atoms with Crippen molar-refractivity contribution in [2.24, 2.45) is 0 Å². The van der Waals surface area contributed by atoms with Gasteiger partial charge in [-0.3, -0.25) is 9.69 Å². The molecule has 1 aliphatic rings. The van der Waals surface area contributed by atoms with E-state index in [1.165, 1.54) is 42.2 Å². The smallest absolute Gasteiger partial charge is 0.230 e. The van der Waals surface area contributed by atoms with Crippen LogP contribution in [-0.2, 0) is 24.3 Å². The van der Waals surface area contributed by atoms with Gasteiger partial charge in [-0.05, 0) is 56.0 Å². The van der Waals surface area contributed by atoms with Gasteiger partial charge in [-0.2, -0.15) is 0 Å². The Morgan fingerprint density at radius 3 is 2.41 bits per heavy atom. The number of hydrogen-bond donors (Lipinski definition) is 1. The molecule has 1 aliphatic heterocycles. The second kappa shape index (κ2) is 12.2. The monoisotopic (exact) mass is 477 g/mol. The zero-order valence-electron chi connectivity index (χ0n) is 20.2. The molecule has 1 fully saturated rings. The van der Waals surface area contributed by atoms with Gasteiger partial charge >= 0.3 is 0 Å². The first-order valence-electron chi connectivity index (χ1n) is 12.3. The predicted molar refractivity (Wildman–Crippen MR) is 138 cm³/mol. The normalized spacial score (nSPS) is 15.2. The lowest BCUT2D eigenvalue weighted by Crippen LogP contribution is -2.30. The highest BCUT2D eigenvalue weighted by atomic mass is 32.2. The Balaban J connectivity index is 1.40. The molecule has 0 bridgehead atoms. The Bertz CT molecular complexity index is 1040. The van der Waals surface area contributed by atoms with Crippen molar-refractivity contribution in [2.75, 3.05) is 18.8 Å². The number of thioether (sulfide) groups is 1. The summed E-state index contributed by atoms with van der Waals surface area (Å²) in [5, 5.41) is 12.9. The third-order valence-electron chi connectivity index (χ3n) is 6.39. The lowest BCUT2D eigenvalue weighted by molar-refractivity contribution is -0.119. The molecule has 0 aliphatic carbocycles. The molecule has 180 valence electrons. The van der Waals surface area contributed by atoms with Gasteiger partial charge in [0.15, 0.2) is 5.16 Å². The van der Waals surface area contributed by atoms with E-state index in [0.29, 0.717) is 12.3 Å². The molecule has 2 heterocycles. The Hall–Kier alpha value is -2.64. The van der Waals surface area contributed by atoms with Crippen molar-refractivity contribution in [3.63, 3.8) is 0 Å². The highest BCUT2D eigenvalue weighted by Gasteiger charge is 2.19. The number of carbonyl (C=O) groups is 1. The summed E-state index contributed by atoms with van der Waals surface area (Å²) >= 11 is 1.46. The maximum atomic E-state index is 12.7. The topological polar surface area (TPSA) is 63.1 Å². The van der Waals surface area contributed by atoms with Crippen LogP contribution in [0, 0.1) is 0 Å². The summed E-state index contributed by atoms with van der Waals surface area (Å²) in [4.78, 5) is 15.2. The summed E-state index contributed by atoms with van der Waals surface area (Å²) in [5.41, 5.74) is 3.63. The number of hydrogen-bond acceptors (Lipinski definition) is 5. The van der Waals surface area contributed by atoms with Crippen molar-refractivity contribution in [2.45, 2.75) is 63.8 Å². The van der Waals surface area contributed by atoms with E-state index in [-0.39, 0.29) is 11.9 Å². The van der Waals surface area contributed by atoms with Crippen molar-refractivity contribution >= 4 is 17.7 Å². The fourth-order valence-corrected chi connectivity index (χ4v) is 5.09. The van der Waals surface area contributed by atoms with Gasteiger partial charge in [0.05, 0.1) is 24.9 Å². The van der Waals surface area contributed by atoms with E-state index < -0.39 is 0 Å². The molecule has 1 N–H and O–H groups in total. The van der Waals surface area contributed by atoms with Gasteiger partial charge in [-0.15, -0.1) is 10.2 Å². The second-order valence-electron chi connectivity index (χ2n) is 8.98. The number of likely N-dealkylation sites (tertiary alicyclic amines) is 1. The lowest BCUT2D eigenvalue weighted by atomic mass is 10.1. The number of nitrogens with one attached hydrogen (secondary N) is 1. The molecule has 1 amide bonds. The van der Waals surface area contributed by atoms with Gasteiger partial charge in [0, 0.05) is 0 Å². The molecule has 2 aromatic carbocycles. The highest BCUT2D eigenvalue weighted by Crippen LogP contribution is 2.21. The first kappa shape index (κ1) is 24.5. The van der Waals surface area contributed by atoms with Crippen LogP contribution < -0.4 is 5.32 Å². The molecule has 0 spiro atoms. The van der Waals surface area contributed by atoms with Crippen molar-refractivity contribution in [1.29, 1.82) is 0 Å². The van der Waals surface area contributed by atoms with Crippen LogP contribution in [0.2, 0.25) is 0 Å². The number of amides is 1. The molecule has 1 unspecified atom stereocenters. The first-order chi connectivity index (χ1) is 16.6. The fourth-order valence-electron chi connectivity index (χ4n) is 4.32. The van der Waals surface area contributed by atoms with Gasteiger partial charge in [0.25, 0.3) is 0 Å². The Morgan fingerprint density at radius 2 is 1.71 bits per heavy atom. The molecule has 1 saturated heterocycles. The van der Waals surface area contributed by atoms with Crippen LogP contribution in [0.25, 0.3) is 0 Å². The van der Waals surface area contributed by atoms with Gasteiger partial charge in [-0.1, -0.05) is 79.7 Å². The van der Waals surface area contributed by atoms with Crippen LogP contribution in [-0.4, -0.2) is 44.4 Å². The van der Waals surface area contributed by atoms with Crippen molar-refractivity contribution < 1.29 is 4.79 Å². The summed E-state index contributed by atoms with van der Waals surface area (Å²) in [7, 11) is 0. The Labute approximate surface area is 207 Å². The quantitative estimate of drug-likeness (QED) is 0.423. The van der Waals surface area contributed by atoms with Gasteiger partial charge < -0.3 is 9.88 Å². The van der Waals surface area contributed by atoms with Crippen LogP contribution in [0.3, 0.4) is 0 Å². The minimum Gasteiger partial charge on any atom is -0.349 e. The van der Waals surface area contributed by atoms with Crippen LogP contribution in [0.1, 0.15) is 61.7 Å². The summed E-state index contributed by atoms with van der Waals surface area (Å²) in [5.74, 6) is 1.29. The number of rotatable bonds is 10. The number of benzene rings is 2. The van der Waals surface area contributed by atoms with Crippen LogP contribution >= 0.6 is 11.8 Å². The van der Waals surface area contributed by atoms with E-state index in [4.69, 9.17) is 0 Å². The Kier molecular flexibility index (Phi) is 8.77. The molecule has 34 heavy (non-hydrogen) atoms. The summed E-state index contributed by atoms with van der Waals surface area (Å²) in [6, 6.07) is 18.8. The molecule has 3 aromatic rings. The summed E-state index contributed by atoms with van der Waals surface area (Å²) < 4.78 is 2.18. The fraction of sp³-hybridized carbons (Fsp3) is 0.444. The van der Waals surface area contributed by atoms with E-state index >= 15 is 0 Å². The molecule has 1 aromatic heterocycles. The maximum Gasteiger partial charge on any atom is 0.230 e. The molecule has 0 saturated carbocycles. The highest BCUT2D eigenvalue weighted by molar-refractivity contribution is 7.99. The first-order valence-corrected chi connectivity index (χ1v) is 13.3. The maximum absolute atomic E-state index is 12.7. The van der Waals surface area contributed by atoms with E-state index in [1.807, 2.05) is 13.0 Å². The molecule has 6 nitrogen and oxygen atoms in total. The van der Waals surface area contributed by atoms with Crippen LogP contribution in [0.4, 0.5) is 0 Å².